The van der Waals surface area contributed by atoms with Gasteiger partial charge in [-0.05, 0) is 46.9 Å². The second-order valence-corrected chi connectivity index (χ2v) is 9.00. The van der Waals surface area contributed by atoms with Crippen molar-refractivity contribution in [1.29, 1.82) is 0 Å². The molecule has 0 unspecified atom stereocenters. The van der Waals surface area contributed by atoms with Crippen LogP contribution in [0.15, 0.2) is 45.7 Å². The van der Waals surface area contributed by atoms with E-state index in [2.05, 4.69) is 14.9 Å². The zero-order valence-electron chi connectivity index (χ0n) is 17.4. The molecule has 15 heteroatoms. The molecule has 2 aromatic carbocycles. The van der Waals surface area contributed by atoms with Crippen molar-refractivity contribution in [3.05, 3.63) is 59.3 Å². The third kappa shape index (κ3) is 5.05. The summed E-state index contributed by atoms with van der Waals surface area (Å²) >= 11 is 0. The van der Waals surface area contributed by atoms with Gasteiger partial charge in [0.05, 0.1) is 17.9 Å². The Labute approximate surface area is 191 Å². The van der Waals surface area contributed by atoms with E-state index in [1.807, 2.05) is 0 Å². The van der Waals surface area contributed by atoms with Gasteiger partial charge in [0.25, 0.3) is 10.0 Å². The number of alkyl halides is 3. The number of fused-ring (bicyclic) bond motifs is 1. The topological polar surface area (TPSA) is 144 Å². The molecule has 1 aliphatic rings. The SMILES string of the molecule is Cc1nnc(Cc2cc(NC(=O)C(F)(F)F)ccc2S(=O)(=O)Nc2ccc3c(c2)B(O)OC3)o1. The molecule has 1 amide bonds. The van der Waals surface area contributed by atoms with Crippen molar-refractivity contribution in [2.75, 3.05) is 10.0 Å². The summed E-state index contributed by atoms with van der Waals surface area (Å²) in [5.74, 6) is -1.98. The number of hydrogen-bond acceptors (Lipinski definition) is 8. The molecule has 1 aliphatic heterocycles. The number of sulfonamides is 1. The summed E-state index contributed by atoms with van der Waals surface area (Å²) in [4.78, 5) is 11.0. The molecule has 2 heterocycles. The zero-order chi connectivity index (χ0) is 24.7. The van der Waals surface area contributed by atoms with Crippen molar-refractivity contribution in [3.8, 4) is 0 Å². The summed E-state index contributed by atoms with van der Waals surface area (Å²) in [5, 5.41) is 19.0. The molecule has 0 aliphatic carbocycles. The average molecular weight is 496 g/mol. The van der Waals surface area contributed by atoms with E-state index in [-0.39, 0.29) is 46.6 Å². The van der Waals surface area contributed by atoms with Crippen molar-refractivity contribution >= 4 is 39.9 Å². The number of nitrogens with one attached hydrogen (secondary N) is 2. The number of aromatic nitrogens is 2. The first kappa shape index (κ1) is 23.7. The van der Waals surface area contributed by atoms with Gasteiger partial charge in [0.1, 0.15) is 0 Å². The lowest BCUT2D eigenvalue weighted by Gasteiger charge is -2.15. The maximum atomic E-state index is 13.2. The van der Waals surface area contributed by atoms with E-state index in [0.29, 0.717) is 11.0 Å². The number of anilines is 2. The highest BCUT2D eigenvalue weighted by Gasteiger charge is 2.39. The van der Waals surface area contributed by atoms with Gasteiger partial charge in [-0.1, -0.05) is 6.07 Å². The largest absolute Gasteiger partial charge is 0.491 e. The number of benzene rings is 2. The molecular formula is C19H16BF3N4O6S. The summed E-state index contributed by atoms with van der Waals surface area (Å²) in [6, 6.07) is 7.67. The maximum absolute atomic E-state index is 13.2. The predicted molar refractivity (Wildman–Crippen MR) is 113 cm³/mol. The van der Waals surface area contributed by atoms with Crippen molar-refractivity contribution in [2.24, 2.45) is 0 Å². The van der Waals surface area contributed by atoms with Crippen LogP contribution in [0.25, 0.3) is 0 Å². The van der Waals surface area contributed by atoms with Gasteiger partial charge >= 0.3 is 19.2 Å². The Morgan fingerprint density at radius 2 is 1.91 bits per heavy atom. The van der Waals surface area contributed by atoms with Gasteiger partial charge < -0.3 is 19.4 Å². The van der Waals surface area contributed by atoms with Crippen LogP contribution in [0.2, 0.25) is 0 Å². The van der Waals surface area contributed by atoms with Gasteiger partial charge in [-0.15, -0.1) is 10.2 Å². The molecule has 0 atom stereocenters. The monoisotopic (exact) mass is 496 g/mol. The van der Waals surface area contributed by atoms with Crippen molar-refractivity contribution < 1.29 is 40.5 Å². The molecule has 3 N–H and O–H groups in total. The Bertz CT molecular complexity index is 1360. The average Bonchev–Trinajstić information content (AvgIpc) is 3.32. The van der Waals surface area contributed by atoms with Crippen LogP contribution in [0.1, 0.15) is 22.9 Å². The lowest BCUT2D eigenvalue weighted by atomic mass is 9.79. The summed E-state index contributed by atoms with van der Waals surface area (Å²) in [7, 11) is -5.45. The fourth-order valence-electron chi connectivity index (χ4n) is 3.32. The molecular weight excluding hydrogens is 480 g/mol. The summed E-state index contributed by atoms with van der Waals surface area (Å²) in [5.41, 5.74) is 0.975. The molecule has 1 aromatic heterocycles. The first-order valence-electron chi connectivity index (χ1n) is 9.68. The van der Waals surface area contributed by atoms with Crippen LogP contribution in [0.4, 0.5) is 24.5 Å². The molecule has 3 aromatic rings. The predicted octanol–water partition coefficient (Wildman–Crippen LogP) is 1.49. The number of aryl methyl sites for hydroxylation is 1. The number of hydrogen-bond donors (Lipinski definition) is 3. The quantitative estimate of drug-likeness (QED) is 0.436. The Kier molecular flexibility index (Phi) is 6.10. The maximum Gasteiger partial charge on any atom is 0.491 e. The normalized spacial score (nSPS) is 13.6. The van der Waals surface area contributed by atoms with E-state index < -0.39 is 29.2 Å². The number of carbonyl (C=O) groups is 1. The number of nitrogens with zero attached hydrogens (tertiary/aromatic N) is 2. The van der Waals surface area contributed by atoms with Crippen molar-refractivity contribution in [2.45, 2.75) is 31.0 Å². The number of rotatable bonds is 6. The van der Waals surface area contributed by atoms with Crippen LogP contribution < -0.4 is 15.5 Å². The standard InChI is InChI=1S/C19H16BF3N4O6S/c1-10-25-26-17(33-10)7-12-6-13(24-18(28)19(21,22)23)4-5-16(12)34(30,31)27-14-3-2-11-9-32-20(29)15(11)8-14/h2-6,8,27,29H,7,9H2,1H3,(H,24,28). The second kappa shape index (κ2) is 8.74. The summed E-state index contributed by atoms with van der Waals surface area (Å²) < 4.78 is 77.0. The molecule has 0 bridgehead atoms. The highest BCUT2D eigenvalue weighted by molar-refractivity contribution is 7.92. The van der Waals surface area contributed by atoms with E-state index in [9.17, 15) is 31.4 Å². The molecule has 0 radical (unpaired) electrons. The Hall–Kier alpha value is -3.43. The van der Waals surface area contributed by atoms with Crippen LogP contribution in [0.3, 0.4) is 0 Å². The van der Waals surface area contributed by atoms with E-state index in [4.69, 9.17) is 9.07 Å². The molecule has 0 saturated heterocycles. The number of carbonyl (C=O) groups excluding carboxylic acids is 1. The highest BCUT2D eigenvalue weighted by atomic mass is 32.2. The molecule has 10 nitrogen and oxygen atoms in total. The van der Waals surface area contributed by atoms with Crippen molar-refractivity contribution in [1.82, 2.24) is 10.2 Å². The fraction of sp³-hybridized carbons (Fsp3) is 0.211. The van der Waals surface area contributed by atoms with E-state index >= 15 is 0 Å². The van der Waals surface area contributed by atoms with E-state index in [1.165, 1.54) is 19.1 Å². The van der Waals surface area contributed by atoms with Gasteiger partial charge in [-0.25, -0.2) is 8.42 Å². The lowest BCUT2D eigenvalue weighted by molar-refractivity contribution is -0.167. The molecule has 4 rings (SSSR count). The summed E-state index contributed by atoms with van der Waals surface area (Å²) in [6.45, 7) is 1.70. The number of halogens is 3. The third-order valence-electron chi connectivity index (χ3n) is 4.84. The molecule has 0 saturated carbocycles. The van der Waals surface area contributed by atoms with E-state index in [0.717, 1.165) is 18.2 Å². The van der Waals surface area contributed by atoms with Gasteiger partial charge in [0, 0.05) is 18.3 Å². The summed E-state index contributed by atoms with van der Waals surface area (Å²) in [6.07, 6.45) is -5.36. The van der Waals surface area contributed by atoms with Crippen LogP contribution in [0.5, 0.6) is 0 Å². The number of amides is 1. The minimum Gasteiger partial charge on any atom is -0.425 e. The van der Waals surface area contributed by atoms with Gasteiger partial charge in [0.2, 0.25) is 11.8 Å². The van der Waals surface area contributed by atoms with Crippen LogP contribution in [-0.4, -0.2) is 42.8 Å². The van der Waals surface area contributed by atoms with Gasteiger partial charge in [0.15, 0.2) is 0 Å². The Morgan fingerprint density at radius 3 is 2.59 bits per heavy atom. The zero-order valence-corrected chi connectivity index (χ0v) is 18.2. The van der Waals surface area contributed by atoms with Crippen LogP contribution >= 0.6 is 0 Å². The molecule has 34 heavy (non-hydrogen) atoms. The molecule has 0 fully saturated rings. The minimum absolute atomic E-state index is 0.000604. The van der Waals surface area contributed by atoms with Crippen molar-refractivity contribution in [3.63, 3.8) is 0 Å². The first-order chi connectivity index (χ1) is 15.9. The smallest absolute Gasteiger partial charge is 0.425 e. The van der Waals surface area contributed by atoms with Gasteiger partial charge in [-0.2, -0.15) is 13.2 Å². The lowest BCUT2D eigenvalue weighted by Crippen LogP contribution is -2.30. The van der Waals surface area contributed by atoms with Gasteiger partial charge in [-0.3, -0.25) is 9.52 Å². The minimum atomic E-state index is -5.13. The molecule has 0 spiro atoms. The Balaban J connectivity index is 1.68. The second-order valence-electron chi connectivity index (χ2n) is 7.35. The molecule has 178 valence electrons. The van der Waals surface area contributed by atoms with Crippen LogP contribution in [-0.2, 0) is 32.5 Å². The first-order valence-corrected chi connectivity index (χ1v) is 11.2. The highest BCUT2D eigenvalue weighted by Crippen LogP contribution is 2.27. The van der Waals surface area contributed by atoms with Crippen LogP contribution in [0, 0.1) is 6.92 Å². The Morgan fingerprint density at radius 1 is 1.18 bits per heavy atom. The van der Waals surface area contributed by atoms with E-state index in [1.54, 1.807) is 11.4 Å². The fourth-order valence-corrected chi connectivity index (χ4v) is 4.59. The third-order valence-corrected chi connectivity index (χ3v) is 6.32.